The van der Waals surface area contributed by atoms with Crippen LogP contribution in [0.3, 0.4) is 0 Å². The molecule has 0 saturated carbocycles. The Morgan fingerprint density at radius 3 is 2.75 bits per heavy atom. The summed E-state index contributed by atoms with van der Waals surface area (Å²) in [7, 11) is 0. The van der Waals surface area contributed by atoms with Crippen molar-refractivity contribution < 1.29 is 15.0 Å². The van der Waals surface area contributed by atoms with Crippen LogP contribution in [0.1, 0.15) is 39.3 Å². The van der Waals surface area contributed by atoms with Crippen LogP contribution in [0, 0.1) is 5.41 Å². The van der Waals surface area contributed by atoms with Gasteiger partial charge in [0.15, 0.2) is 0 Å². The zero-order valence-electron chi connectivity index (χ0n) is 12.4. The van der Waals surface area contributed by atoms with E-state index in [0.717, 1.165) is 12.1 Å². The van der Waals surface area contributed by atoms with E-state index in [-0.39, 0.29) is 12.0 Å². The Hall–Kier alpha value is -1.40. The van der Waals surface area contributed by atoms with E-state index < -0.39 is 18.1 Å². The van der Waals surface area contributed by atoms with Crippen LogP contribution in [0.5, 0.6) is 0 Å². The lowest BCUT2D eigenvalue weighted by molar-refractivity contribution is -0.139. The Morgan fingerprint density at radius 1 is 1.55 bits per heavy atom. The third-order valence-corrected chi connectivity index (χ3v) is 3.62. The van der Waals surface area contributed by atoms with E-state index in [0.29, 0.717) is 12.8 Å². The number of nitrogens with one attached hydrogen (secondary N) is 2. The van der Waals surface area contributed by atoms with Gasteiger partial charge in [0.05, 0.1) is 12.4 Å². The van der Waals surface area contributed by atoms with E-state index in [1.165, 1.54) is 6.33 Å². The molecule has 1 aromatic rings. The summed E-state index contributed by atoms with van der Waals surface area (Å²) in [6.45, 7) is 6.54. The second-order valence-corrected chi connectivity index (χ2v) is 5.96. The van der Waals surface area contributed by atoms with Gasteiger partial charge in [0.1, 0.15) is 6.04 Å². The average molecular weight is 283 g/mol. The molecule has 114 valence electrons. The second kappa shape index (κ2) is 7.40. The van der Waals surface area contributed by atoms with Gasteiger partial charge in [-0.1, -0.05) is 27.2 Å². The predicted octanol–water partition coefficient (Wildman–Crippen LogP) is 1.18. The minimum absolute atomic E-state index is 0.0587. The van der Waals surface area contributed by atoms with Gasteiger partial charge in [-0.3, -0.25) is 4.79 Å². The zero-order chi connectivity index (χ0) is 15.2. The molecule has 1 aromatic heterocycles. The van der Waals surface area contributed by atoms with Crippen LogP contribution in [0.4, 0.5) is 0 Å². The van der Waals surface area contributed by atoms with Crippen LogP contribution in [0.2, 0.25) is 0 Å². The number of imidazole rings is 1. The molecule has 0 amide bonds. The smallest absolute Gasteiger partial charge is 0.321 e. The van der Waals surface area contributed by atoms with E-state index >= 15 is 0 Å². The van der Waals surface area contributed by atoms with Gasteiger partial charge in [0.2, 0.25) is 0 Å². The van der Waals surface area contributed by atoms with Crippen LogP contribution < -0.4 is 5.32 Å². The molecule has 0 saturated heterocycles. The van der Waals surface area contributed by atoms with Crippen LogP contribution >= 0.6 is 0 Å². The predicted molar refractivity (Wildman–Crippen MR) is 76.4 cm³/mol. The molecular formula is C14H25N3O3. The van der Waals surface area contributed by atoms with Crippen LogP contribution in [-0.4, -0.2) is 44.8 Å². The molecule has 0 aliphatic carbocycles. The highest BCUT2D eigenvalue weighted by Gasteiger charge is 2.23. The molecule has 0 radical (unpaired) electrons. The minimum Gasteiger partial charge on any atom is -0.480 e. The molecule has 6 nitrogen and oxygen atoms in total. The summed E-state index contributed by atoms with van der Waals surface area (Å²) < 4.78 is 0. The van der Waals surface area contributed by atoms with Gasteiger partial charge in [0, 0.05) is 24.9 Å². The number of carbonyl (C=O) groups is 1. The van der Waals surface area contributed by atoms with Crippen molar-refractivity contribution in [3.05, 3.63) is 18.2 Å². The molecule has 0 aliphatic heterocycles. The summed E-state index contributed by atoms with van der Waals surface area (Å²) in [6, 6.07) is -0.727. The highest BCUT2D eigenvalue weighted by molar-refractivity contribution is 5.73. The average Bonchev–Trinajstić information content (AvgIpc) is 2.86. The van der Waals surface area contributed by atoms with Gasteiger partial charge < -0.3 is 20.5 Å². The fourth-order valence-corrected chi connectivity index (χ4v) is 2.00. The van der Waals surface area contributed by atoms with Gasteiger partial charge in [-0.15, -0.1) is 0 Å². The maximum atomic E-state index is 11.2. The number of hydrogen-bond acceptors (Lipinski definition) is 4. The van der Waals surface area contributed by atoms with E-state index in [9.17, 15) is 15.0 Å². The lowest BCUT2D eigenvalue weighted by atomic mass is 9.84. The molecule has 0 fully saturated rings. The number of aromatic nitrogens is 2. The first kappa shape index (κ1) is 16.7. The van der Waals surface area contributed by atoms with Crippen molar-refractivity contribution in [2.24, 2.45) is 5.41 Å². The Labute approximate surface area is 119 Å². The van der Waals surface area contributed by atoms with Gasteiger partial charge in [-0.25, -0.2) is 4.98 Å². The molecule has 0 bridgehead atoms. The first-order valence-electron chi connectivity index (χ1n) is 6.95. The monoisotopic (exact) mass is 283 g/mol. The molecule has 0 aliphatic rings. The van der Waals surface area contributed by atoms with Crippen LogP contribution in [0.15, 0.2) is 12.5 Å². The third-order valence-electron chi connectivity index (χ3n) is 3.62. The van der Waals surface area contributed by atoms with Crippen molar-refractivity contribution in [3.63, 3.8) is 0 Å². The summed E-state index contributed by atoms with van der Waals surface area (Å²) in [5.74, 6) is -0.929. The van der Waals surface area contributed by atoms with Crippen molar-refractivity contribution >= 4 is 5.97 Å². The Kier molecular flexibility index (Phi) is 6.16. The molecule has 20 heavy (non-hydrogen) atoms. The number of rotatable bonds is 9. The van der Waals surface area contributed by atoms with Crippen LogP contribution in [0.25, 0.3) is 0 Å². The number of aromatic amines is 1. The number of aliphatic carboxylic acids is 1. The molecule has 6 heteroatoms. The first-order valence-corrected chi connectivity index (χ1v) is 6.95. The van der Waals surface area contributed by atoms with Crippen molar-refractivity contribution in [2.75, 3.05) is 6.54 Å². The fourth-order valence-electron chi connectivity index (χ4n) is 2.00. The van der Waals surface area contributed by atoms with Gasteiger partial charge in [0.25, 0.3) is 0 Å². The summed E-state index contributed by atoms with van der Waals surface area (Å²) in [5, 5.41) is 22.1. The topological polar surface area (TPSA) is 98.2 Å². The number of aliphatic hydroxyl groups excluding tert-OH is 1. The standard InChI is InChI=1S/C14H25N3O3/c1-4-14(2,3)6-11(18)8-16-12(13(19)20)5-10-7-15-9-17-10/h7,9,11-12,16,18H,4-6,8H2,1-3H3,(H,15,17)(H,19,20). The molecular weight excluding hydrogens is 258 g/mol. The van der Waals surface area contributed by atoms with Gasteiger partial charge >= 0.3 is 5.97 Å². The molecule has 2 unspecified atom stereocenters. The first-order chi connectivity index (χ1) is 9.34. The van der Waals surface area contributed by atoms with Crippen molar-refractivity contribution in [2.45, 2.75) is 52.2 Å². The van der Waals surface area contributed by atoms with Crippen LogP contribution in [-0.2, 0) is 11.2 Å². The largest absolute Gasteiger partial charge is 0.480 e. The number of carboxylic acid groups (broad SMARTS) is 1. The normalized spacial score (nSPS) is 15.0. The Balaban J connectivity index is 2.45. The van der Waals surface area contributed by atoms with Gasteiger partial charge in [-0.2, -0.15) is 0 Å². The third kappa shape index (κ3) is 5.71. The lowest BCUT2D eigenvalue weighted by Gasteiger charge is -2.26. The summed E-state index contributed by atoms with van der Waals surface area (Å²) >= 11 is 0. The van der Waals surface area contributed by atoms with Gasteiger partial charge in [-0.05, 0) is 11.8 Å². The van der Waals surface area contributed by atoms with Crippen molar-refractivity contribution in [3.8, 4) is 0 Å². The number of hydrogen-bond donors (Lipinski definition) is 4. The number of nitrogens with zero attached hydrogens (tertiary/aromatic N) is 1. The van der Waals surface area contributed by atoms with Crippen molar-refractivity contribution in [1.29, 1.82) is 0 Å². The second-order valence-electron chi connectivity index (χ2n) is 5.96. The maximum Gasteiger partial charge on any atom is 0.321 e. The zero-order valence-corrected chi connectivity index (χ0v) is 12.4. The quantitative estimate of drug-likeness (QED) is 0.545. The molecule has 0 aromatic carbocycles. The molecule has 0 spiro atoms. The van der Waals surface area contributed by atoms with E-state index in [1.54, 1.807) is 6.20 Å². The lowest BCUT2D eigenvalue weighted by Crippen LogP contribution is -2.43. The van der Waals surface area contributed by atoms with Crippen molar-refractivity contribution in [1.82, 2.24) is 15.3 Å². The Bertz CT molecular complexity index is 404. The summed E-state index contributed by atoms with van der Waals surface area (Å²) in [5.41, 5.74) is 0.816. The molecule has 4 N–H and O–H groups in total. The number of H-pyrrole nitrogens is 1. The van der Waals surface area contributed by atoms with E-state index in [4.69, 9.17) is 0 Å². The van der Waals surface area contributed by atoms with E-state index in [2.05, 4.69) is 36.1 Å². The Morgan fingerprint density at radius 2 is 2.25 bits per heavy atom. The maximum absolute atomic E-state index is 11.2. The molecule has 1 heterocycles. The SMILES string of the molecule is CCC(C)(C)CC(O)CNC(Cc1cnc[nH]1)C(=O)O. The summed E-state index contributed by atoms with van der Waals surface area (Å²) in [4.78, 5) is 17.9. The molecule has 2 atom stereocenters. The fraction of sp³-hybridized carbons (Fsp3) is 0.714. The number of carboxylic acids is 1. The highest BCUT2D eigenvalue weighted by Crippen LogP contribution is 2.25. The minimum atomic E-state index is -0.929. The number of aliphatic hydroxyl groups is 1. The highest BCUT2D eigenvalue weighted by atomic mass is 16.4. The summed E-state index contributed by atoms with van der Waals surface area (Å²) in [6.07, 6.45) is 4.52. The van der Waals surface area contributed by atoms with E-state index in [1.807, 2.05) is 0 Å². The molecule has 1 rings (SSSR count).